The van der Waals surface area contributed by atoms with Crippen molar-refractivity contribution < 1.29 is 27.5 Å². The Hall–Kier alpha value is -3.01. The topological polar surface area (TPSA) is 79.8 Å². The van der Waals surface area contributed by atoms with Crippen molar-refractivity contribution in [1.82, 2.24) is 5.43 Å². The lowest BCUT2D eigenvalue weighted by Gasteiger charge is -2.09. The molecule has 0 aromatic heterocycles. The summed E-state index contributed by atoms with van der Waals surface area (Å²) in [7, 11) is 0. The predicted molar refractivity (Wildman–Crippen MR) is 101 cm³/mol. The number of halogens is 3. The van der Waals surface area contributed by atoms with Crippen LogP contribution in [0.4, 0.5) is 18.9 Å². The number of nitrogens with one attached hydrogen (secondary N) is 2. The van der Waals surface area contributed by atoms with E-state index in [0.717, 1.165) is 29.5 Å². The van der Waals surface area contributed by atoms with Crippen molar-refractivity contribution in [3.63, 3.8) is 0 Å². The van der Waals surface area contributed by atoms with E-state index in [1.165, 1.54) is 18.3 Å². The van der Waals surface area contributed by atoms with Crippen LogP contribution in [-0.2, 0) is 9.59 Å². The zero-order valence-corrected chi connectivity index (χ0v) is 15.2. The summed E-state index contributed by atoms with van der Waals surface area (Å²) in [5, 5.41) is 6.32. The van der Waals surface area contributed by atoms with Crippen LogP contribution in [0.3, 0.4) is 0 Å². The van der Waals surface area contributed by atoms with E-state index in [9.17, 15) is 22.8 Å². The number of amides is 2. The first-order chi connectivity index (χ1) is 13.3. The maximum atomic E-state index is 12.1. The average Bonchev–Trinajstić information content (AvgIpc) is 2.63. The fourth-order valence-electron chi connectivity index (χ4n) is 1.92. The minimum Gasteiger partial charge on any atom is -0.406 e. The van der Waals surface area contributed by atoms with Gasteiger partial charge in [-0.2, -0.15) is 5.10 Å². The number of alkyl halides is 3. The molecule has 0 saturated heterocycles. The van der Waals surface area contributed by atoms with Gasteiger partial charge in [0.15, 0.2) is 0 Å². The second kappa shape index (κ2) is 10.4. The lowest BCUT2D eigenvalue weighted by Crippen LogP contribution is -2.21. The minimum absolute atomic E-state index is 0.00335. The van der Waals surface area contributed by atoms with Gasteiger partial charge in [-0.25, -0.2) is 5.43 Å². The predicted octanol–water partition coefficient (Wildman–Crippen LogP) is 3.41. The molecule has 148 valence electrons. The quantitative estimate of drug-likeness (QED) is 0.515. The van der Waals surface area contributed by atoms with Crippen molar-refractivity contribution >= 4 is 35.5 Å². The van der Waals surface area contributed by atoms with Gasteiger partial charge in [-0.1, -0.05) is 30.3 Å². The maximum Gasteiger partial charge on any atom is 0.573 e. The van der Waals surface area contributed by atoms with Crippen LogP contribution in [0.25, 0.3) is 0 Å². The van der Waals surface area contributed by atoms with Crippen LogP contribution in [0.1, 0.15) is 5.56 Å². The molecule has 0 radical (unpaired) electrons. The van der Waals surface area contributed by atoms with Gasteiger partial charge in [0, 0.05) is 5.69 Å². The number of thioether (sulfide) groups is 1. The number of nitrogens with zero attached hydrogens (tertiary/aromatic N) is 1. The SMILES string of the molecule is O=C(CSCC(=O)Nc1ccc(OC(F)(F)F)cc1)NN=Cc1ccccc1. The molecule has 2 rings (SSSR count). The highest BCUT2D eigenvalue weighted by molar-refractivity contribution is 8.00. The van der Waals surface area contributed by atoms with Gasteiger partial charge in [-0.15, -0.1) is 24.9 Å². The van der Waals surface area contributed by atoms with E-state index in [4.69, 9.17) is 0 Å². The number of benzene rings is 2. The van der Waals surface area contributed by atoms with Crippen molar-refractivity contribution in [1.29, 1.82) is 0 Å². The molecule has 2 amide bonds. The van der Waals surface area contributed by atoms with Crippen molar-refractivity contribution in [2.45, 2.75) is 6.36 Å². The molecule has 0 fully saturated rings. The van der Waals surface area contributed by atoms with Gasteiger partial charge in [0.1, 0.15) is 5.75 Å². The molecular weight excluding hydrogens is 395 g/mol. The van der Waals surface area contributed by atoms with Crippen molar-refractivity contribution in [3.05, 3.63) is 60.2 Å². The zero-order chi connectivity index (χ0) is 20.4. The lowest BCUT2D eigenvalue weighted by molar-refractivity contribution is -0.274. The molecule has 2 aromatic carbocycles. The Morgan fingerprint density at radius 3 is 2.29 bits per heavy atom. The van der Waals surface area contributed by atoms with E-state index in [-0.39, 0.29) is 23.2 Å². The number of anilines is 1. The van der Waals surface area contributed by atoms with Gasteiger partial charge < -0.3 is 10.1 Å². The summed E-state index contributed by atoms with van der Waals surface area (Å²) < 4.78 is 40.0. The highest BCUT2D eigenvalue weighted by Crippen LogP contribution is 2.23. The molecule has 0 saturated carbocycles. The maximum absolute atomic E-state index is 12.1. The van der Waals surface area contributed by atoms with Gasteiger partial charge >= 0.3 is 6.36 Å². The Morgan fingerprint density at radius 2 is 1.64 bits per heavy atom. The van der Waals surface area contributed by atoms with Crippen molar-refractivity contribution in [3.8, 4) is 5.75 Å². The summed E-state index contributed by atoms with van der Waals surface area (Å²) in [6, 6.07) is 14.0. The van der Waals surface area contributed by atoms with Crippen LogP contribution in [0, 0.1) is 0 Å². The molecule has 0 atom stereocenters. The fraction of sp³-hybridized carbons (Fsp3) is 0.167. The monoisotopic (exact) mass is 411 g/mol. The van der Waals surface area contributed by atoms with E-state index >= 15 is 0 Å². The molecule has 10 heteroatoms. The number of ether oxygens (including phenoxy) is 1. The third kappa shape index (κ3) is 8.58. The van der Waals surface area contributed by atoms with E-state index in [1.807, 2.05) is 30.3 Å². The third-order valence-corrected chi connectivity index (χ3v) is 3.97. The van der Waals surface area contributed by atoms with Gasteiger partial charge in [-0.05, 0) is 29.8 Å². The molecule has 0 spiro atoms. The molecular formula is C18H16F3N3O3S. The summed E-state index contributed by atoms with van der Waals surface area (Å²) in [5.41, 5.74) is 3.50. The molecule has 6 nitrogen and oxygen atoms in total. The van der Waals surface area contributed by atoms with Gasteiger partial charge in [0.05, 0.1) is 17.7 Å². The fourth-order valence-corrected chi connectivity index (χ4v) is 2.53. The summed E-state index contributed by atoms with van der Waals surface area (Å²) in [5.74, 6) is -1.12. The standard InChI is InChI=1S/C18H16F3N3O3S/c19-18(20,21)27-15-8-6-14(7-9-15)23-16(25)11-28-12-17(26)24-22-10-13-4-2-1-3-5-13/h1-10H,11-12H2,(H,23,25)(H,24,26). The largest absolute Gasteiger partial charge is 0.573 e. The van der Waals surface area contributed by atoms with Crippen LogP contribution in [-0.4, -0.2) is 35.9 Å². The van der Waals surface area contributed by atoms with Crippen LogP contribution >= 0.6 is 11.8 Å². The van der Waals surface area contributed by atoms with E-state index < -0.39 is 12.3 Å². The molecule has 0 aliphatic heterocycles. The van der Waals surface area contributed by atoms with Crippen molar-refractivity contribution in [2.75, 3.05) is 16.8 Å². The zero-order valence-electron chi connectivity index (χ0n) is 14.4. The molecule has 0 heterocycles. The molecule has 0 aliphatic carbocycles. The summed E-state index contributed by atoms with van der Waals surface area (Å²) in [6.07, 6.45) is -3.27. The summed E-state index contributed by atoms with van der Waals surface area (Å²) in [6.45, 7) is 0. The molecule has 0 bridgehead atoms. The van der Waals surface area contributed by atoms with Gasteiger partial charge in [0.25, 0.3) is 0 Å². The molecule has 2 N–H and O–H groups in total. The van der Waals surface area contributed by atoms with Gasteiger partial charge in [0.2, 0.25) is 11.8 Å². The Labute approximate surface area is 163 Å². The first kappa shape index (κ1) is 21.3. The van der Waals surface area contributed by atoms with E-state index in [0.29, 0.717) is 5.69 Å². The van der Waals surface area contributed by atoms with Gasteiger partial charge in [-0.3, -0.25) is 9.59 Å². The second-order valence-electron chi connectivity index (χ2n) is 5.32. The summed E-state index contributed by atoms with van der Waals surface area (Å²) in [4.78, 5) is 23.4. The van der Waals surface area contributed by atoms with Crippen LogP contribution in [0.5, 0.6) is 5.75 Å². The first-order valence-corrected chi connectivity index (χ1v) is 9.08. The van der Waals surface area contributed by atoms with Crippen LogP contribution < -0.4 is 15.5 Å². The van der Waals surface area contributed by atoms with Crippen LogP contribution in [0.15, 0.2) is 59.7 Å². The Morgan fingerprint density at radius 1 is 1.00 bits per heavy atom. The highest BCUT2D eigenvalue weighted by Gasteiger charge is 2.30. The number of rotatable bonds is 8. The van der Waals surface area contributed by atoms with Crippen molar-refractivity contribution in [2.24, 2.45) is 5.10 Å². The minimum atomic E-state index is -4.77. The third-order valence-electron chi connectivity index (χ3n) is 3.04. The number of carbonyl (C=O) groups excluding carboxylic acids is 2. The number of hydrogen-bond donors (Lipinski definition) is 2. The number of hydrogen-bond acceptors (Lipinski definition) is 5. The second-order valence-corrected chi connectivity index (χ2v) is 6.30. The highest BCUT2D eigenvalue weighted by atomic mass is 32.2. The normalized spacial score (nSPS) is 11.2. The first-order valence-electron chi connectivity index (χ1n) is 7.92. The molecule has 0 unspecified atom stereocenters. The Bertz CT molecular complexity index is 812. The molecule has 2 aromatic rings. The average molecular weight is 411 g/mol. The lowest BCUT2D eigenvalue weighted by atomic mass is 10.2. The number of hydrazone groups is 1. The van der Waals surface area contributed by atoms with Crippen LogP contribution in [0.2, 0.25) is 0 Å². The molecule has 28 heavy (non-hydrogen) atoms. The Kier molecular flexibility index (Phi) is 7.88. The number of carbonyl (C=O) groups is 2. The molecule has 0 aliphatic rings. The summed E-state index contributed by atoms with van der Waals surface area (Å²) >= 11 is 1.07. The van der Waals surface area contributed by atoms with E-state index in [1.54, 1.807) is 0 Å². The Balaban J connectivity index is 1.66. The smallest absolute Gasteiger partial charge is 0.406 e. The van der Waals surface area contributed by atoms with E-state index in [2.05, 4.69) is 20.6 Å².